The number of rotatable bonds is 5. The van der Waals surface area contributed by atoms with E-state index in [0.29, 0.717) is 29.6 Å². The van der Waals surface area contributed by atoms with Gasteiger partial charge in [-0.25, -0.2) is 0 Å². The molecule has 0 heterocycles. The molecule has 2 rings (SSSR count). The minimum atomic E-state index is 0.226. The zero-order valence-electron chi connectivity index (χ0n) is 13.5. The third kappa shape index (κ3) is 3.78. The Morgan fingerprint density at radius 1 is 1.10 bits per heavy atom. The Hall–Kier alpha value is -1.51. The molecule has 0 radical (unpaired) electrons. The zero-order chi connectivity index (χ0) is 15.4. The predicted molar refractivity (Wildman–Crippen MR) is 83.9 cm³/mol. The number of methoxy groups -OCH3 is 2. The fraction of sp³-hybridized carbons (Fsp3) is 0.611. The van der Waals surface area contributed by atoms with Crippen LogP contribution in [0.2, 0.25) is 0 Å². The second-order valence-corrected chi connectivity index (χ2v) is 6.30. The normalized spacial score (nSPS) is 25.4. The topological polar surface area (TPSA) is 35.5 Å². The Morgan fingerprint density at radius 3 is 2.43 bits per heavy atom. The SMILES string of the molecule is COc1ccc(CC(=O)C2CCC(C)C(C)C2)cc1OC. The van der Waals surface area contributed by atoms with Crippen LogP contribution in [0.15, 0.2) is 18.2 Å². The fourth-order valence-corrected chi connectivity index (χ4v) is 3.18. The lowest BCUT2D eigenvalue weighted by Gasteiger charge is -2.31. The van der Waals surface area contributed by atoms with Crippen LogP contribution < -0.4 is 9.47 Å². The summed E-state index contributed by atoms with van der Waals surface area (Å²) in [6.07, 6.45) is 3.74. The number of hydrogen-bond acceptors (Lipinski definition) is 3. The minimum Gasteiger partial charge on any atom is -0.493 e. The van der Waals surface area contributed by atoms with Gasteiger partial charge in [-0.05, 0) is 48.8 Å². The van der Waals surface area contributed by atoms with Crippen LogP contribution in [0, 0.1) is 17.8 Å². The number of carbonyl (C=O) groups is 1. The van der Waals surface area contributed by atoms with Crippen LogP contribution >= 0.6 is 0 Å². The van der Waals surface area contributed by atoms with E-state index in [-0.39, 0.29) is 5.92 Å². The van der Waals surface area contributed by atoms with E-state index in [1.165, 1.54) is 6.42 Å². The average molecular weight is 290 g/mol. The van der Waals surface area contributed by atoms with E-state index in [9.17, 15) is 4.79 Å². The molecule has 1 fully saturated rings. The molecule has 0 amide bonds. The van der Waals surface area contributed by atoms with Gasteiger partial charge >= 0.3 is 0 Å². The molecule has 1 aromatic rings. The monoisotopic (exact) mass is 290 g/mol. The molecule has 1 aliphatic carbocycles. The highest BCUT2D eigenvalue weighted by Crippen LogP contribution is 2.35. The fourth-order valence-electron chi connectivity index (χ4n) is 3.18. The molecule has 0 aliphatic heterocycles. The van der Waals surface area contributed by atoms with Gasteiger partial charge in [-0.3, -0.25) is 4.79 Å². The van der Waals surface area contributed by atoms with Gasteiger partial charge in [0, 0.05) is 12.3 Å². The first-order valence-corrected chi connectivity index (χ1v) is 7.78. The summed E-state index contributed by atoms with van der Waals surface area (Å²) < 4.78 is 10.5. The van der Waals surface area contributed by atoms with Crippen molar-refractivity contribution in [1.29, 1.82) is 0 Å². The van der Waals surface area contributed by atoms with E-state index in [4.69, 9.17) is 9.47 Å². The number of ether oxygens (including phenoxy) is 2. The number of Topliss-reactive ketones (excluding diaryl/α,β-unsaturated/α-hetero) is 1. The molecule has 1 aliphatic rings. The lowest BCUT2D eigenvalue weighted by Crippen LogP contribution is -2.27. The molecule has 3 unspecified atom stereocenters. The minimum absolute atomic E-state index is 0.226. The third-order valence-electron chi connectivity index (χ3n) is 4.88. The molecule has 1 saturated carbocycles. The summed E-state index contributed by atoms with van der Waals surface area (Å²) in [4.78, 5) is 12.5. The average Bonchev–Trinajstić information content (AvgIpc) is 2.49. The van der Waals surface area contributed by atoms with Gasteiger partial charge in [0.15, 0.2) is 11.5 Å². The van der Waals surface area contributed by atoms with Crippen LogP contribution in [0.4, 0.5) is 0 Å². The standard InChI is InChI=1S/C18H26O3/c1-12-5-7-15(9-13(12)2)16(19)10-14-6-8-17(20-3)18(11-14)21-4/h6,8,11-13,15H,5,7,9-10H2,1-4H3. The van der Waals surface area contributed by atoms with Gasteiger partial charge in [-0.15, -0.1) is 0 Å². The first-order chi connectivity index (χ1) is 10.0. The van der Waals surface area contributed by atoms with Crippen molar-refractivity contribution in [3.63, 3.8) is 0 Å². The van der Waals surface area contributed by atoms with Crippen LogP contribution in [0.5, 0.6) is 11.5 Å². The van der Waals surface area contributed by atoms with Gasteiger partial charge < -0.3 is 9.47 Å². The first-order valence-electron chi connectivity index (χ1n) is 7.78. The highest BCUT2D eigenvalue weighted by Gasteiger charge is 2.28. The summed E-state index contributed by atoms with van der Waals surface area (Å²) in [5.74, 6) is 3.38. The largest absolute Gasteiger partial charge is 0.493 e. The van der Waals surface area contributed by atoms with E-state index in [1.807, 2.05) is 18.2 Å². The Balaban J connectivity index is 2.02. The summed E-state index contributed by atoms with van der Waals surface area (Å²) >= 11 is 0. The van der Waals surface area contributed by atoms with Crippen molar-refractivity contribution in [2.75, 3.05) is 14.2 Å². The number of hydrogen-bond donors (Lipinski definition) is 0. The molecule has 0 N–H and O–H groups in total. The van der Waals surface area contributed by atoms with Gasteiger partial charge in [0.05, 0.1) is 14.2 Å². The quantitative estimate of drug-likeness (QED) is 0.825. The van der Waals surface area contributed by atoms with Crippen molar-refractivity contribution >= 4 is 5.78 Å². The summed E-state index contributed by atoms with van der Waals surface area (Å²) in [5, 5.41) is 0. The number of carbonyl (C=O) groups excluding carboxylic acids is 1. The van der Waals surface area contributed by atoms with Gasteiger partial charge in [0.25, 0.3) is 0 Å². The summed E-state index contributed by atoms with van der Waals surface area (Å²) in [5.41, 5.74) is 1.00. The molecule has 3 heteroatoms. The van der Waals surface area contributed by atoms with E-state index >= 15 is 0 Å². The Labute approximate surface area is 127 Å². The lowest BCUT2D eigenvalue weighted by atomic mass is 9.73. The van der Waals surface area contributed by atoms with Crippen molar-refractivity contribution in [2.24, 2.45) is 17.8 Å². The Kier molecular flexibility index (Phi) is 5.27. The summed E-state index contributed by atoms with van der Waals surface area (Å²) in [6, 6.07) is 5.73. The van der Waals surface area contributed by atoms with E-state index in [2.05, 4.69) is 13.8 Å². The molecular weight excluding hydrogens is 264 g/mol. The first kappa shape index (κ1) is 15.9. The summed E-state index contributed by atoms with van der Waals surface area (Å²) in [6.45, 7) is 4.56. The van der Waals surface area contributed by atoms with Gasteiger partial charge in [-0.2, -0.15) is 0 Å². The van der Waals surface area contributed by atoms with Gasteiger partial charge in [0.2, 0.25) is 0 Å². The van der Waals surface area contributed by atoms with Crippen LogP contribution in [0.25, 0.3) is 0 Å². The molecule has 0 aromatic heterocycles. The predicted octanol–water partition coefficient (Wildman–Crippen LogP) is 3.89. The highest BCUT2D eigenvalue weighted by molar-refractivity contribution is 5.83. The number of ketones is 1. The second-order valence-electron chi connectivity index (χ2n) is 6.30. The highest BCUT2D eigenvalue weighted by atomic mass is 16.5. The van der Waals surface area contributed by atoms with Crippen molar-refractivity contribution in [3.05, 3.63) is 23.8 Å². The maximum absolute atomic E-state index is 12.5. The van der Waals surface area contributed by atoms with Crippen LogP contribution in [-0.4, -0.2) is 20.0 Å². The summed E-state index contributed by atoms with van der Waals surface area (Å²) in [7, 11) is 3.24. The smallest absolute Gasteiger partial charge is 0.161 e. The van der Waals surface area contributed by atoms with Gasteiger partial charge in [0.1, 0.15) is 5.78 Å². The molecular formula is C18H26O3. The van der Waals surface area contributed by atoms with E-state index < -0.39 is 0 Å². The molecule has 0 bridgehead atoms. The van der Waals surface area contributed by atoms with Crippen LogP contribution in [0.1, 0.15) is 38.7 Å². The van der Waals surface area contributed by atoms with Crippen LogP contribution in [-0.2, 0) is 11.2 Å². The maximum Gasteiger partial charge on any atom is 0.161 e. The molecule has 0 saturated heterocycles. The van der Waals surface area contributed by atoms with Gasteiger partial charge in [-0.1, -0.05) is 19.9 Å². The van der Waals surface area contributed by atoms with Crippen molar-refractivity contribution in [3.8, 4) is 11.5 Å². The molecule has 1 aromatic carbocycles. The zero-order valence-corrected chi connectivity index (χ0v) is 13.5. The lowest BCUT2D eigenvalue weighted by molar-refractivity contribution is -0.123. The van der Waals surface area contributed by atoms with E-state index in [1.54, 1.807) is 14.2 Å². The molecule has 21 heavy (non-hydrogen) atoms. The number of benzene rings is 1. The molecule has 3 atom stereocenters. The Bertz CT molecular complexity index is 495. The van der Waals surface area contributed by atoms with Crippen molar-refractivity contribution < 1.29 is 14.3 Å². The van der Waals surface area contributed by atoms with E-state index in [0.717, 1.165) is 24.3 Å². The van der Waals surface area contributed by atoms with Crippen molar-refractivity contribution in [2.45, 2.75) is 39.5 Å². The molecule has 0 spiro atoms. The third-order valence-corrected chi connectivity index (χ3v) is 4.88. The maximum atomic E-state index is 12.5. The van der Waals surface area contributed by atoms with Crippen molar-refractivity contribution in [1.82, 2.24) is 0 Å². The molecule has 3 nitrogen and oxygen atoms in total. The Morgan fingerprint density at radius 2 is 1.81 bits per heavy atom. The molecule has 116 valence electrons. The van der Waals surface area contributed by atoms with Crippen LogP contribution in [0.3, 0.4) is 0 Å². The second kappa shape index (κ2) is 6.97.